The molecule has 0 unspecified atom stereocenters. The van der Waals surface area contributed by atoms with E-state index >= 15 is 0 Å². The number of hydrogen-bond acceptors (Lipinski definition) is 8. The molecule has 0 aliphatic heterocycles. The van der Waals surface area contributed by atoms with Gasteiger partial charge in [0.25, 0.3) is 5.69 Å². The molecule has 0 saturated heterocycles. The van der Waals surface area contributed by atoms with Gasteiger partial charge in [0.15, 0.2) is 0 Å². The van der Waals surface area contributed by atoms with Gasteiger partial charge in [-0.05, 0) is 39.0 Å². The number of esters is 1. The first-order chi connectivity index (χ1) is 14.8. The summed E-state index contributed by atoms with van der Waals surface area (Å²) in [6.07, 6.45) is -4.07. The Morgan fingerprint density at radius 2 is 1.94 bits per heavy atom. The third-order valence-corrected chi connectivity index (χ3v) is 3.83. The summed E-state index contributed by atoms with van der Waals surface area (Å²) in [4.78, 5) is 30.9. The van der Waals surface area contributed by atoms with Crippen LogP contribution in [0.5, 0.6) is 11.6 Å². The van der Waals surface area contributed by atoms with E-state index in [2.05, 4.69) is 10.5 Å². The smallest absolute Gasteiger partial charge is 0.417 e. The van der Waals surface area contributed by atoms with E-state index in [1.165, 1.54) is 12.1 Å². The fraction of sp³-hybridized carbons (Fsp3) is 0.368. The highest BCUT2D eigenvalue weighted by molar-refractivity contribution is 6.31. The van der Waals surface area contributed by atoms with Crippen LogP contribution in [0.4, 0.5) is 18.9 Å². The van der Waals surface area contributed by atoms with Crippen LogP contribution in [0.15, 0.2) is 30.5 Å². The number of alkyl halides is 3. The van der Waals surface area contributed by atoms with Crippen LogP contribution in [-0.4, -0.2) is 28.0 Å². The van der Waals surface area contributed by atoms with E-state index in [1.54, 1.807) is 20.8 Å². The molecule has 0 aliphatic carbocycles. The number of hydroxylamine groups is 1. The number of nitro groups is 1. The third kappa shape index (κ3) is 7.62. The lowest BCUT2D eigenvalue weighted by Crippen LogP contribution is -2.31. The Hall–Kier alpha value is -2.96. The normalized spacial score (nSPS) is 11.8. The largest absolute Gasteiger partial charge is 0.459 e. The zero-order valence-corrected chi connectivity index (χ0v) is 17.9. The van der Waals surface area contributed by atoms with Crippen molar-refractivity contribution in [2.24, 2.45) is 0 Å². The molecule has 1 aromatic carbocycles. The van der Waals surface area contributed by atoms with Crippen LogP contribution in [-0.2, 0) is 27.2 Å². The standard InChI is InChI=1S/C19H19ClF3N3O6/c1-18(2,3)32-16(27)9-25-30-10-11-6-13(4-5-15(11)26(28)29)31-17-14(20)7-12(8-24-17)19(21,22)23/h4-8,25H,9-10H2,1-3H3. The predicted octanol–water partition coefficient (Wildman–Crippen LogP) is 4.82. The van der Waals surface area contributed by atoms with Crippen molar-refractivity contribution in [1.82, 2.24) is 10.5 Å². The maximum absolute atomic E-state index is 12.7. The summed E-state index contributed by atoms with van der Waals surface area (Å²) in [5, 5.41) is 10.9. The van der Waals surface area contributed by atoms with Gasteiger partial charge in [-0.3, -0.25) is 19.7 Å². The zero-order chi connectivity index (χ0) is 24.1. The molecule has 9 nitrogen and oxygen atoms in total. The van der Waals surface area contributed by atoms with Gasteiger partial charge in [0.2, 0.25) is 5.88 Å². The molecule has 174 valence electrons. The first kappa shape index (κ1) is 25.3. The van der Waals surface area contributed by atoms with Gasteiger partial charge in [0, 0.05) is 12.3 Å². The molecule has 0 radical (unpaired) electrons. The van der Waals surface area contributed by atoms with Crippen molar-refractivity contribution in [2.75, 3.05) is 6.54 Å². The summed E-state index contributed by atoms with van der Waals surface area (Å²) in [6, 6.07) is 4.24. The number of halogens is 4. The quantitative estimate of drug-likeness (QED) is 0.249. The maximum atomic E-state index is 12.7. The number of hydrogen-bond donors (Lipinski definition) is 1. The van der Waals surface area contributed by atoms with E-state index in [1.807, 2.05) is 0 Å². The molecule has 0 spiro atoms. The molecule has 1 aromatic heterocycles. The summed E-state index contributed by atoms with van der Waals surface area (Å²) in [5.74, 6) is -0.883. The first-order valence-electron chi connectivity index (χ1n) is 9.00. The number of aromatic nitrogens is 1. The van der Waals surface area contributed by atoms with Gasteiger partial charge in [0.1, 0.15) is 29.5 Å². The molecule has 13 heteroatoms. The molecule has 0 atom stereocenters. The Kier molecular flexibility index (Phi) is 7.99. The van der Waals surface area contributed by atoms with Gasteiger partial charge in [0.05, 0.1) is 16.1 Å². The van der Waals surface area contributed by atoms with Gasteiger partial charge >= 0.3 is 12.1 Å². The monoisotopic (exact) mass is 477 g/mol. The summed E-state index contributed by atoms with van der Waals surface area (Å²) >= 11 is 5.81. The van der Waals surface area contributed by atoms with E-state index in [-0.39, 0.29) is 36.0 Å². The highest BCUT2D eigenvalue weighted by Gasteiger charge is 2.32. The Bertz CT molecular complexity index is 995. The minimum atomic E-state index is -4.63. The molecule has 0 saturated carbocycles. The van der Waals surface area contributed by atoms with Crippen molar-refractivity contribution in [1.29, 1.82) is 0 Å². The van der Waals surface area contributed by atoms with Crippen molar-refractivity contribution in [3.8, 4) is 11.6 Å². The van der Waals surface area contributed by atoms with Crippen molar-refractivity contribution in [3.05, 3.63) is 56.7 Å². The number of carbonyl (C=O) groups excluding carboxylic acids is 1. The van der Waals surface area contributed by atoms with Gasteiger partial charge in [-0.15, -0.1) is 0 Å². The Labute approximate surface area is 185 Å². The molecular formula is C19H19ClF3N3O6. The molecule has 2 rings (SSSR count). The lowest BCUT2D eigenvalue weighted by molar-refractivity contribution is -0.386. The minimum absolute atomic E-state index is 0.0236. The zero-order valence-electron chi connectivity index (χ0n) is 17.2. The van der Waals surface area contributed by atoms with Crippen molar-refractivity contribution < 1.29 is 37.2 Å². The minimum Gasteiger partial charge on any atom is -0.459 e. The second-order valence-electron chi connectivity index (χ2n) is 7.35. The average molecular weight is 478 g/mol. The molecule has 1 N–H and O–H groups in total. The van der Waals surface area contributed by atoms with Crippen molar-refractivity contribution in [3.63, 3.8) is 0 Å². The van der Waals surface area contributed by atoms with Crippen molar-refractivity contribution in [2.45, 2.75) is 39.2 Å². The number of benzene rings is 1. The fourth-order valence-corrected chi connectivity index (χ4v) is 2.51. The highest BCUT2D eigenvalue weighted by Crippen LogP contribution is 2.35. The number of nitrogens with zero attached hydrogens (tertiary/aromatic N) is 2. The van der Waals surface area contributed by atoms with E-state index in [0.29, 0.717) is 12.3 Å². The van der Waals surface area contributed by atoms with Crippen LogP contribution >= 0.6 is 11.6 Å². The first-order valence-corrected chi connectivity index (χ1v) is 9.38. The summed E-state index contributed by atoms with van der Waals surface area (Å²) in [5.41, 5.74) is 0.367. The van der Waals surface area contributed by atoms with Crippen LogP contribution in [0.2, 0.25) is 5.02 Å². The number of pyridine rings is 1. The summed E-state index contributed by atoms with van der Waals surface area (Å²) < 4.78 is 48.6. The lowest BCUT2D eigenvalue weighted by atomic mass is 10.2. The maximum Gasteiger partial charge on any atom is 0.417 e. The molecule has 2 aromatic rings. The number of carbonyl (C=O) groups is 1. The summed E-state index contributed by atoms with van der Waals surface area (Å²) in [7, 11) is 0. The highest BCUT2D eigenvalue weighted by atomic mass is 35.5. The van der Waals surface area contributed by atoms with Crippen LogP contribution < -0.4 is 10.2 Å². The van der Waals surface area contributed by atoms with E-state index < -0.39 is 33.3 Å². The molecule has 32 heavy (non-hydrogen) atoms. The second kappa shape index (κ2) is 10.1. The molecule has 0 fully saturated rings. The number of nitro benzene ring substituents is 1. The van der Waals surface area contributed by atoms with Crippen molar-refractivity contribution >= 4 is 23.3 Å². The fourth-order valence-electron chi connectivity index (χ4n) is 2.30. The summed E-state index contributed by atoms with van der Waals surface area (Å²) in [6.45, 7) is 4.45. The second-order valence-corrected chi connectivity index (χ2v) is 7.76. The predicted molar refractivity (Wildman–Crippen MR) is 106 cm³/mol. The topological polar surface area (TPSA) is 113 Å². The number of ether oxygens (including phenoxy) is 2. The number of rotatable bonds is 8. The van der Waals surface area contributed by atoms with Crippen LogP contribution in [0.25, 0.3) is 0 Å². The average Bonchev–Trinajstić information content (AvgIpc) is 2.64. The van der Waals surface area contributed by atoms with Gasteiger partial charge < -0.3 is 9.47 Å². The van der Waals surface area contributed by atoms with Crippen LogP contribution in [0.3, 0.4) is 0 Å². The molecule has 1 heterocycles. The van der Waals surface area contributed by atoms with E-state index in [0.717, 1.165) is 6.07 Å². The molecule has 0 bridgehead atoms. The van der Waals surface area contributed by atoms with Crippen LogP contribution in [0, 0.1) is 10.1 Å². The van der Waals surface area contributed by atoms with Gasteiger partial charge in [-0.1, -0.05) is 11.6 Å². The molecule has 0 amide bonds. The Morgan fingerprint density at radius 1 is 1.25 bits per heavy atom. The molecule has 0 aliphatic rings. The van der Waals surface area contributed by atoms with E-state index in [9.17, 15) is 28.1 Å². The van der Waals surface area contributed by atoms with Gasteiger partial charge in [-0.25, -0.2) is 4.98 Å². The molecular weight excluding hydrogens is 459 g/mol. The Morgan fingerprint density at radius 3 is 2.50 bits per heavy atom. The SMILES string of the molecule is CC(C)(C)OC(=O)CNOCc1cc(Oc2ncc(C(F)(F)F)cc2Cl)ccc1[N+](=O)[O-]. The third-order valence-electron chi connectivity index (χ3n) is 3.56. The Balaban J connectivity index is 2.09. The van der Waals surface area contributed by atoms with Crippen LogP contribution in [0.1, 0.15) is 31.9 Å². The lowest BCUT2D eigenvalue weighted by Gasteiger charge is -2.19. The van der Waals surface area contributed by atoms with E-state index in [4.69, 9.17) is 25.9 Å². The van der Waals surface area contributed by atoms with Gasteiger partial charge in [-0.2, -0.15) is 18.7 Å². The number of nitrogens with one attached hydrogen (secondary N) is 1.